The van der Waals surface area contributed by atoms with Crippen LogP contribution < -0.4 is 5.32 Å². The van der Waals surface area contributed by atoms with E-state index in [9.17, 15) is 0 Å². The summed E-state index contributed by atoms with van der Waals surface area (Å²) in [6.07, 6.45) is 1.93. The summed E-state index contributed by atoms with van der Waals surface area (Å²) in [4.78, 5) is 6.76. The topological polar surface area (TPSA) is 24.9 Å². The Balaban J connectivity index is 1.73. The number of hydrogen-bond donors (Lipinski definition) is 1. The monoisotopic (exact) mass is 274 g/mol. The van der Waals surface area contributed by atoms with Gasteiger partial charge < -0.3 is 5.32 Å². The van der Waals surface area contributed by atoms with Crippen molar-refractivity contribution in [3.8, 4) is 0 Å². The van der Waals surface area contributed by atoms with E-state index in [-0.39, 0.29) is 0 Å². The van der Waals surface area contributed by atoms with Crippen LogP contribution in [0.3, 0.4) is 0 Å². The van der Waals surface area contributed by atoms with E-state index in [1.807, 2.05) is 23.0 Å². The van der Waals surface area contributed by atoms with Crippen LogP contribution in [0, 0.1) is 0 Å². The van der Waals surface area contributed by atoms with Gasteiger partial charge in [0.25, 0.3) is 0 Å². The second kappa shape index (κ2) is 5.18. The van der Waals surface area contributed by atoms with Crippen LogP contribution in [-0.4, -0.2) is 4.98 Å². The molecule has 0 spiro atoms. The highest BCUT2D eigenvalue weighted by Gasteiger charge is 2.09. The molecule has 1 atom stereocenters. The van der Waals surface area contributed by atoms with Gasteiger partial charge in [0.05, 0.1) is 5.51 Å². The fourth-order valence-electron chi connectivity index (χ4n) is 1.90. The predicted octanol–water partition coefficient (Wildman–Crippen LogP) is 4.21. The lowest BCUT2D eigenvalue weighted by molar-refractivity contribution is 0.587. The Morgan fingerprint density at radius 1 is 1.33 bits per heavy atom. The molecular formula is C14H14N2S2. The third kappa shape index (κ3) is 2.46. The summed E-state index contributed by atoms with van der Waals surface area (Å²) in [7, 11) is 0. The van der Waals surface area contributed by atoms with Crippen molar-refractivity contribution in [3.05, 3.63) is 51.8 Å². The number of nitrogens with one attached hydrogen (secondary N) is 1. The average molecular weight is 274 g/mol. The van der Waals surface area contributed by atoms with E-state index in [1.54, 1.807) is 11.3 Å². The molecule has 18 heavy (non-hydrogen) atoms. The van der Waals surface area contributed by atoms with Crippen molar-refractivity contribution in [1.29, 1.82) is 0 Å². The smallest absolute Gasteiger partial charge is 0.0794 e. The molecule has 2 aromatic heterocycles. The minimum Gasteiger partial charge on any atom is -0.304 e. The van der Waals surface area contributed by atoms with Gasteiger partial charge in [0, 0.05) is 33.2 Å². The van der Waals surface area contributed by atoms with Crippen molar-refractivity contribution < 1.29 is 0 Å². The first-order chi connectivity index (χ1) is 8.83. The molecule has 1 aromatic carbocycles. The summed E-state index contributed by atoms with van der Waals surface area (Å²) < 4.78 is 1.36. The van der Waals surface area contributed by atoms with E-state index >= 15 is 0 Å². The highest BCUT2D eigenvalue weighted by Crippen LogP contribution is 2.29. The Labute approximate surface area is 114 Å². The van der Waals surface area contributed by atoms with Gasteiger partial charge in [-0.25, -0.2) is 0 Å². The van der Waals surface area contributed by atoms with Crippen LogP contribution >= 0.6 is 22.7 Å². The van der Waals surface area contributed by atoms with Gasteiger partial charge in [-0.05, 0) is 24.4 Å². The van der Waals surface area contributed by atoms with E-state index in [0.717, 1.165) is 6.54 Å². The summed E-state index contributed by atoms with van der Waals surface area (Å²) in [5.41, 5.74) is 1.88. The number of thiazole rings is 1. The molecule has 0 bridgehead atoms. The number of thiophene rings is 1. The number of fused-ring (bicyclic) bond motifs is 1. The van der Waals surface area contributed by atoms with Crippen molar-refractivity contribution in [2.24, 2.45) is 0 Å². The summed E-state index contributed by atoms with van der Waals surface area (Å²) in [5.74, 6) is 0. The molecule has 0 aliphatic heterocycles. The molecule has 3 rings (SSSR count). The second-order valence-electron chi connectivity index (χ2n) is 4.26. The zero-order valence-electron chi connectivity index (χ0n) is 10.1. The first kappa shape index (κ1) is 11.8. The van der Waals surface area contributed by atoms with Crippen LogP contribution in [0.25, 0.3) is 10.1 Å². The van der Waals surface area contributed by atoms with Gasteiger partial charge in [0.2, 0.25) is 0 Å². The van der Waals surface area contributed by atoms with Crippen molar-refractivity contribution in [3.63, 3.8) is 0 Å². The standard InChI is InChI=1S/C14H14N2S2/c1-10(16-8-12-7-15-9-17-12)14-6-11-4-2-3-5-13(11)18-14/h2-7,9-10,16H,8H2,1H3. The zero-order valence-corrected chi connectivity index (χ0v) is 11.7. The van der Waals surface area contributed by atoms with Crippen LogP contribution in [0.1, 0.15) is 22.7 Å². The molecule has 1 unspecified atom stereocenters. The van der Waals surface area contributed by atoms with Crippen LogP contribution in [0.15, 0.2) is 42.0 Å². The Bertz CT molecular complexity index is 595. The lowest BCUT2D eigenvalue weighted by atomic mass is 10.2. The molecule has 0 saturated heterocycles. The zero-order chi connectivity index (χ0) is 12.4. The van der Waals surface area contributed by atoms with Crippen LogP contribution in [0.4, 0.5) is 0 Å². The molecule has 0 amide bonds. The molecule has 0 aliphatic rings. The number of aromatic nitrogens is 1. The Morgan fingerprint density at radius 3 is 3.00 bits per heavy atom. The average Bonchev–Trinajstić information content (AvgIpc) is 3.04. The Kier molecular flexibility index (Phi) is 3.41. The molecule has 0 radical (unpaired) electrons. The largest absolute Gasteiger partial charge is 0.304 e. The molecule has 2 nitrogen and oxygen atoms in total. The first-order valence-electron chi connectivity index (χ1n) is 5.92. The number of benzene rings is 1. The number of nitrogens with zero attached hydrogens (tertiary/aromatic N) is 1. The normalized spacial score (nSPS) is 12.9. The van der Waals surface area contributed by atoms with E-state index in [4.69, 9.17) is 0 Å². The Hall–Kier alpha value is -1.23. The number of hydrogen-bond acceptors (Lipinski definition) is 4. The minimum absolute atomic E-state index is 0.379. The summed E-state index contributed by atoms with van der Waals surface area (Å²) in [6.45, 7) is 3.10. The molecular weight excluding hydrogens is 260 g/mol. The molecule has 0 saturated carbocycles. The SMILES string of the molecule is CC(NCc1cncs1)c1cc2ccccc2s1. The minimum atomic E-state index is 0.379. The predicted molar refractivity (Wildman–Crippen MR) is 79.2 cm³/mol. The van der Waals surface area contributed by atoms with Crippen LogP contribution in [-0.2, 0) is 6.54 Å². The van der Waals surface area contributed by atoms with E-state index < -0.39 is 0 Å². The summed E-state index contributed by atoms with van der Waals surface area (Å²) in [6, 6.07) is 11.2. The molecule has 0 aliphatic carbocycles. The third-order valence-corrected chi connectivity index (χ3v) is 5.02. The number of rotatable bonds is 4. The molecule has 3 aromatic rings. The molecule has 0 fully saturated rings. The van der Waals surface area contributed by atoms with Gasteiger partial charge in [-0.3, -0.25) is 4.98 Å². The van der Waals surface area contributed by atoms with E-state index in [2.05, 4.69) is 47.6 Å². The first-order valence-corrected chi connectivity index (χ1v) is 7.62. The fourth-order valence-corrected chi connectivity index (χ4v) is 3.54. The quantitative estimate of drug-likeness (QED) is 0.771. The van der Waals surface area contributed by atoms with E-state index in [1.165, 1.54) is 19.8 Å². The lowest BCUT2D eigenvalue weighted by Crippen LogP contribution is -2.16. The summed E-state index contributed by atoms with van der Waals surface area (Å²) >= 11 is 3.56. The van der Waals surface area contributed by atoms with Crippen molar-refractivity contribution in [2.45, 2.75) is 19.5 Å². The van der Waals surface area contributed by atoms with Gasteiger partial charge in [-0.2, -0.15) is 0 Å². The fraction of sp³-hybridized carbons (Fsp3) is 0.214. The van der Waals surface area contributed by atoms with Crippen LogP contribution in [0.2, 0.25) is 0 Å². The third-order valence-electron chi connectivity index (χ3n) is 2.94. The Morgan fingerprint density at radius 2 is 2.22 bits per heavy atom. The van der Waals surface area contributed by atoms with Crippen molar-refractivity contribution in [1.82, 2.24) is 10.3 Å². The van der Waals surface area contributed by atoms with Gasteiger partial charge in [0.15, 0.2) is 0 Å². The highest BCUT2D eigenvalue weighted by atomic mass is 32.1. The van der Waals surface area contributed by atoms with Gasteiger partial charge in [-0.15, -0.1) is 22.7 Å². The van der Waals surface area contributed by atoms with Crippen LogP contribution in [0.5, 0.6) is 0 Å². The van der Waals surface area contributed by atoms with Gasteiger partial charge in [-0.1, -0.05) is 18.2 Å². The van der Waals surface area contributed by atoms with Crippen molar-refractivity contribution >= 4 is 32.8 Å². The van der Waals surface area contributed by atoms with Gasteiger partial charge in [0.1, 0.15) is 0 Å². The molecule has 92 valence electrons. The molecule has 4 heteroatoms. The molecule has 1 N–H and O–H groups in total. The maximum absolute atomic E-state index is 4.09. The second-order valence-corrected chi connectivity index (χ2v) is 6.34. The summed E-state index contributed by atoms with van der Waals surface area (Å²) in [5, 5.41) is 4.88. The van der Waals surface area contributed by atoms with Crippen molar-refractivity contribution in [2.75, 3.05) is 0 Å². The van der Waals surface area contributed by atoms with Gasteiger partial charge >= 0.3 is 0 Å². The molecule has 2 heterocycles. The highest BCUT2D eigenvalue weighted by molar-refractivity contribution is 7.19. The van der Waals surface area contributed by atoms with E-state index in [0.29, 0.717) is 6.04 Å². The maximum atomic E-state index is 4.09. The lowest BCUT2D eigenvalue weighted by Gasteiger charge is -2.10. The maximum Gasteiger partial charge on any atom is 0.0794 e.